The monoisotopic (exact) mass is 145 g/mol. The summed E-state index contributed by atoms with van der Waals surface area (Å²) >= 11 is 0. The first kappa shape index (κ1) is 6.90. The lowest BCUT2D eigenvalue weighted by Crippen LogP contribution is -1.77. The molecule has 1 heterocycles. The highest BCUT2D eigenvalue weighted by Gasteiger charge is 2.07. The van der Waals surface area contributed by atoms with Crippen molar-refractivity contribution in [2.75, 3.05) is 0 Å². The first-order valence-corrected chi connectivity index (χ1v) is 2.57. The largest absolute Gasteiger partial charge is 0.312 e. The van der Waals surface area contributed by atoms with Crippen molar-refractivity contribution in [2.45, 2.75) is 0 Å². The van der Waals surface area contributed by atoms with Crippen LogP contribution in [0.4, 0.5) is 5.95 Å². The summed E-state index contributed by atoms with van der Waals surface area (Å²) < 4.78 is 0. The molecule has 1 rings (SSSR count). The second kappa shape index (κ2) is 2.58. The average molecular weight is 145 g/mol. The van der Waals surface area contributed by atoms with Gasteiger partial charge in [0.1, 0.15) is 12.1 Å². The van der Waals surface area contributed by atoms with Gasteiger partial charge in [-0.15, -0.1) is 0 Å². The Morgan fingerprint density at radius 1 is 1.36 bits per heavy atom. The SMILES string of the molecule is [N]=Nc1nc(C#N)c(C#N)[nH]1. The molecule has 0 atom stereocenters. The van der Waals surface area contributed by atoms with E-state index in [4.69, 9.17) is 16.1 Å². The van der Waals surface area contributed by atoms with Gasteiger partial charge < -0.3 is 4.98 Å². The van der Waals surface area contributed by atoms with Crippen molar-refractivity contribution in [1.82, 2.24) is 15.5 Å². The predicted octanol–water partition coefficient (Wildman–Crippen LogP) is 0.0369. The van der Waals surface area contributed by atoms with Crippen LogP contribution in [0.25, 0.3) is 0 Å². The van der Waals surface area contributed by atoms with E-state index in [-0.39, 0.29) is 17.3 Å². The maximum atomic E-state index is 8.36. The summed E-state index contributed by atoms with van der Waals surface area (Å²) in [5.74, 6) is -0.141. The molecule has 6 heteroatoms. The van der Waals surface area contributed by atoms with Crippen molar-refractivity contribution in [1.29, 1.82) is 10.5 Å². The lowest BCUT2D eigenvalue weighted by molar-refractivity contribution is 1.14. The van der Waals surface area contributed by atoms with Crippen molar-refractivity contribution in [3.63, 3.8) is 0 Å². The van der Waals surface area contributed by atoms with Crippen LogP contribution in [-0.4, -0.2) is 9.97 Å². The highest BCUT2D eigenvalue weighted by atomic mass is 15.1. The second-order valence-corrected chi connectivity index (χ2v) is 1.61. The summed E-state index contributed by atoms with van der Waals surface area (Å²) in [5, 5.41) is 19.4. The van der Waals surface area contributed by atoms with Crippen molar-refractivity contribution in [3.05, 3.63) is 11.4 Å². The van der Waals surface area contributed by atoms with Crippen LogP contribution in [0.5, 0.6) is 0 Å². The zero-order valence-corrected chi connectivity index (χ0v) is 5.24. The fraction of sp³-hybridized carbons (Fsp3) is 0. The van der Waals surface area contributed by atoms with Crippen LogP contribution in [0, 0.1) is 22.7 Å². The van der Waals surface area contributed by atoms with Gasteiger partial charge in [0.15, 0.2) is 11.4 Å². The maximum Gasteiger partial charge on any atom is 0.251 e. The van der Waals surface area contributed by atoms with E-state index in [0.717, 1.165) is 0 Å². The van der Waals surface area contributed by atoms with Crippen LogP contribution in [0.2, 0.25) is 0 Å². The molecule has 1 radical (unpaired) electrons. The first-order valence-electron chi connectivity index (χ1n) is 2.57. The zero-order chi connectivity index (χ0) is 8.27. The van der Waals surface area contributed by atoms with E-state index in [1.807, 2.05) is 0 Å². The summed E-state index contributed by atoms with van der Waals surface area (Å²) in [6.45, 7) is 0. The Hall–Kier alpha value is -2.21. The number of rotatable bonds is 1. The summed E-state index contributed by atoms with van der Waals surface area (Å²) in [7, 11) is 0. The summed E-state index contributed by atoms with van der Waals surface area (Å²) in [4.78, 5) is 5.78. The van der Waals surface area contributed by atoms with Gasteiger partial charge in [0.2, 0.25) is 0 Å². The minimum atomic E-state index is -0.141. The number of hydrogen-bond donors (Lipinski definition) is 1. The van der Waals surface area contributed by atoms with Crippen molar-refractivity contribution in [3.8, 4) is 12.1 Å². The Bertz CT molecular complexity index is 330. The molecule has 0 bridgehead atoms. The lowest BCUT2D eigenvalue weighted by atomic mass is 10.4. The zero-order valence-electron chi connectivity index (χ0n) is 5.24. The van der Waals surface area contributed by atoms with E-state index in [1.54, 1.807) is 12.1 Å². The molecule has 0 saturated heterocycles. The maximum absolute atomic E-state index is 8.36. The van der Waals surface area contributed by atoms with E-state index < -0.39 is 0 Å². The van der Waals surface area contributed by atoms with Crippen LogP contribution in [0.3, 0.4) is 0 Å². The second-order valence-electron chi connectivity index (χ2n) is 1.61. The Morgan fingerprint density at radius 2 is 2.09 bits per heavy atom. The number of H-pyrrole nitrogens is 1. The average Bonchev–Trinajstić information content (AvgIpc) is 2.46. The molecule has 11 heavy (non-hydrogen) atoms. The summed E-state index contributed by atoms with van der Waals surface area (Å²) in [6.07, 6.45) is 0. The Balaban J connectivity index is 3.28. The van der Waals surface area contributed by atoms with Gasteiger partial charge in [-0.3, -0.25) is 0 Å². The smallest absolute Gasteiger partial charge is 0.251 e. The fourth-order valence-electron chi connectivity index (χ4n) is 0.570. The van der Waals surface area contributed by atoms with E-state index in [1.165, 1.54) is 0 Å². The van der Waals surface area contributed by atoms with Crippen LogP contribution in [0.15, 0.2) is 5.11 Å². The molecule has 0 aliphatic carbocycles. The van der Waals surface area contributed by atoms with E-state index >= 15 is 0 Å². The van der Waals surface area contributed by atoms with Gasteiger partial charge in [0.25, 0.3) is 5.95 Å². The molecule has 0 aliphatic heterocycles. The molecular formula is C5HN6. The first-order chi connectivity index (χ1) is 5.31. The molecule has 0 aromatic carbocycles. The standard InChI is InChI=1S/C5HN6/c6-1-3-4(2-7)10-5(9-3)11-8/h(H,9,10). The van der Waals surface area contributed by atoms with Crippen molar-refractivity contribution < 1.29 is 0 Å². The summed E-state index contributed by atoms with van der Waals surface area (Å²) in [5.41, 5.74) is 8.11. The highest BCUT2D eigenvalue weighted by molar-refractivity contribution is 5.40. The van der Waals surface area contributed by atoms with Crippen molar-refractivity contribution >= 4 is 5.95 Å². The van der Waals surface area contributed by atoms with Gasteiger partial charge in [-0.25, -0.2) is 0 Å². The highest BCUT2D eigenvalue weighted by Crippen LogP contribution is 2.08. The Kier molecular flexibility index (Phi) is 1.62. The predicted molar refractivity (Wildman–Crippen MR) is 32.2 cm³/mol. The third-order valence-corrected chi connectivity index (χ3v) is 1.00. The molecule has 1 aromatic rings. The van der Waals surface area contributed by atoms with Crippen LogP contribution in [0.1, 0.15) is 11.4 Å². The number of nitrogens with one attached hydrogen (secondary N) is 1. The Morgan fingerprint density at radius 3 is 2.45 bits per heavy atom. The minimum Gasteiger partial charge on any atom is -0.312 e. The third-order valence-electron chi connectivity index (χ3n) is 1.00. The molecule has 0 aliphatic rings. The number of nitriles is 2. The molecule has 6 nitrogen and oxygen atoms in total. The number of nitrogens with zero attached hydrogens (tertiary/aromatic N) is 5. The van der Waals surface area contributed by atoms with E-state index in [2.05, 4.69) is 15.1 Å². The third kappa shape index (κ3) is 1.05. The molecular weight excluding hydrogens is 144 g/mol. The number of hydrogen-bond acceptors (Lipinski definition) is 4. The van der Waals surface area contributed by atoms with E-state index in [9.17, 15) is 0 Å². The molecule has 0 saturated carbocycles. The van der Waals surface area contributed by atoms with Crippen LogP contribution >= 0.6 is 0 Å². The number of aromatic amines is 1. The fourth-order valence-corrected chi connectivity index (χ4v) is 0.570. The van der Waals surface area contributed by atoms with Crippen LogP contribution < -0.4 is 5.53 Å². The number of imidazole rings is 1. The topological polar surface area (TPSA) is 111 Å². The van der Waals surface area contributed by atoms with Crippen LogP contribution in [-0.2, 0) is 0 Å². The normalized spacial score (nSPS) is 8.18. The quantitative estimate of drug-likeness (QED) is 0.562. The number of aromatic nitrogens is 2. The molecule has 1 N–H and O–H groups in total. The van der Waals surface area contributed by atoms with Crippen molar-refractivity contribution in [2.24, 2.45) is 5.11 Å². The Labute approximate surface area is 61.6 Å². The molecule has 0 fully saturated rings. The molecule has 0 spiro atoms. The van der Waals surface area contributed by atoms with Gasteiger partial charge in [0.05, 0.1) is 0 Å². The van der Waals surface area contributed by atoms with Gasteiger partial charge >= 0.3 is 0 Å². The molecule has 0 amide bonds. The van der Waals surface area contributed by atoms with Gasteiger partial charge in [-0.1, -0.05) is 5.11 Å². The van der Waals surface area contributed by atoms with Gasteiger partial charge in [-0.2, -0.15) is 15.5 Å². The molecule has 1 aromatic heterocycles. The minimum absolute atomic E-state index is 0.000278. The lowest BCUT2D eigenvalue weighted by Gasteiger charge is -1.73. The van der Waals surface area contributed by atoms with Gasteiger partial charge in [0, 0.05) is 0 Å². The van der Waals surface area contributed by atoms with Gasteiger partial charge in [-0.05, 0) is 5.53 Å². The molecule has 51 valence electrons. The van der Waals surface area contributed by atoms with E-state index in [0.29, 0.717) is 0 Å². The summed E-state index contributed by atoms with van der Waals surface area (Å²) in [6, 6.07) is 3.35. The molecule has 0 unspecified atom stereocenters.